The van der Waals surface area contributed by atoms with Crippen molar-refractivity contribution in [1.82, 2.24) is 9.97 Å². The maximum atomic E-state index is 12.3. The molecule has 0 radical (unpaired) electrons. The second-order valence-corrected chi connectivity index (χ2v) is 8.26. The van der Waals surface area contributed by atoms with Crippen LogP contribution in [0.3, 0.4) is 0 Å². The summed E-state index contributed by atoms with van der Waals surface area (Å²) in [6.45, 7) is 0. The van der Waals surface area contributed by atoms with Gasteiger partial charge in [0.2, 0.25) is 5.91 Å². The monoisotopic (exact) mass is 375 g/mol. The van der Waals surface area contributed by atoms with Crippen LogP contribution in [0.1, 0.15) is 30.5 Å². The predicted octanol–water partition coefficient (Wildman–Crippen LogP) is 2.17. The summed E-state index contributed by atoms with van der Waals surface area (Å²) in [5, 5.41) is 2.78. The van der Waals surface area contributed by atoms with E-state index in [9.17, 15) is 13.2 Å². The summed E-state index contributed by atoms with van der Waals surface area (Å²) in [5.74, 6) is 0.827. The lowest BCUT2D eigenvalue weighted by atomic mass is 10.2. The predicted molar refractivity (Wildman–Crippen MR) is 97.0 cm³/mol. The van der Waals surface area contributed by atoms with Gasteiger partial charge in [-0.15, -0.1) is 0 Å². The number of methoxy groups -OCH3 is 1. The molecule has 1 aromatic carbocycles. The third-order valence-electron chi connectivity index (χ3n) is 4.37. The van der Waals surface area contributed by atoms with Crippen molar-refractivity contribution in [3.8, 4) is 5.75 Å². The summed E-state index contributed by atoms with van der Waals surface area (Å²) in [7, 11) is -1.90. The Balaban J connectivity index is 1.54. The standard InChI is InChI=1S/C18H21N3O4S/c1-25-13-7-9-14(10-8-13)26(23,24)11-3-6-17(22)21-18-15-4-2-5-16(15)19-12-20-18/h7-10,12H,2-6,11H2,1H3,(H,19,20,21,22). The second-order valence-electron chi connectivity index (χ2n) is 6.15. The molecular weight excluding hydrogens is 354 g/mol. The van der Waals surface area contributed by atoms with E-state index in [2.05, 4.69) is 15.3 Å². The van der Waals surface area contributed by atoms with Crippen LogP contribution in [0.5, 0.6) is 5.75 Å². The summed E-state index contributed by atoms with van der Waals surface area (Å²) in [6.07, 6.45) is 4.59. The van der Waals surface area contributed by atoms with Crippen LogP contribution in [0, 0.1) is 0 Å². The Morgan fingerprint density at radius 3 is 2.69 bits per heavy atom. The normalized spacial score (nSPS) is 13.3. The molecule has 0 aliphatic heterocycles. The quantitative estimate of drug-likeness (QED) is 0.796. The van der Waals surface area contributed by atoms with Gasteiger partial charge in [-0.1, -0.05) is 0 Å². The number of aryl methyl sites for hydroxylation is 1. The van der Waals surface area contributed by atoms with Crippen LogP contribution in [-0.2, 0) is 27.5 Å². The third kappa shape index (κ3) is 4.19. The van der Waals surface area contributed by atoms with E-state index in [1.165, 1.54) is 25.6 Å². The second kappa shape index (κ2) is 7.82. The summed E-state index contributed by atoms with van der Waals surface area (Å²) < 4.78 is 29.7. The molecule has 0 atom stereocenters. The van der Waals surface area contributed by atoms with Gasteiger partial charge < -0.3 is 10.1 Å². The molecule has 26 heavy (non-hydrogen) atoms. The summed E-state index contributed by atoms with van der Waals surface area (Å²) >= 11 is 0. The van der Waals surface area contributed by atoms with Crippen molar-refractivity contribution in [2.45, 2.75) is 37.0 Å². The van der Waals surface area contributed by atoms with Gasteiger partial charge in [-0.3, -0.25) is 4.79 Å². The van der Waals surface area contributed by atoms with Gasteiger partial charge in [-0.25, -0.2) is 18.4 Å². The number of amides is 1. The minimum absolute atomic E-state index is 0.0887. The number of fused-ring (bicyclic) bond motifs is 1. The Kier molecular flexibility index (Phi) is 5.51. The zero-order chi connectivity index (χ0) is 18.6. The van der Waals surface area contributed by atoms with E-state index in [1.807, 2.05) is 0 Å². The average Bonchev–Trinajstić information content (AvgIpc) is 3.11. The number of carbonyl (C=O) groups excluding carboxylic acids is 1. The molecule has 1 aliphatic rings. The van der Waals surface area contributed by atoms with Crippen molar-refractivity contribution in [2.75, 3.05) is 18.2 Å². The van der Waals surface area contributed by atoms with Crippen LogP contribution in [0.2, 0.25) is 0 Å². The van der Waals surface area contributed by atoms with E-state index >= 15 is 0 Å². The van der Waals surface area contributed by atoms with Crippen molar-refractivity contribution in [3.63, 3.8) is 0 Å². The summed E-state index contributed by atoms with van der Waals surface area (Å²) in [5.41, 5.74) is 1.98. The largest absolute Gasteiger partial charge is 0.497 e. The maximum Gasteiger partial charge on any atom is 0.225 e. The highest BCUT2D eigenvalue weighted by molar-refractivity contribution is 7.91. The van der Waals surface area contributed by atoms with Gasteiger partial charge in [0.15, 0.2) is 9.84 Å². The van der Waals surface area contributed by atoms with Crippen molar-refractivity contribution >= 4 is 21.6 Å². The molecule has 138 valence electrons. The van der Waals surface area contributed by atoms with Gasteiger partial charge in [0, 0.05) is 17.7 Å². The summed E-state index contributed by atoms with van der Waals surface area (Å²) in [4.78, 5) is 20.7. The summed E-state index contributed by atoms with van der Waals surface area (Å²) in [6, 6.07) is 6.24. The third-order valence-corrected chi connectivity index (χ3v) is 6.18. The topological polar surface area (TPSA) is 98.2 Å². The van der Waals surface area contributed by atoms with E-state index in [4.69, 9.17) is 4.74 Å². The van der Waals surface area contributed by atoms with Gasteiger partial charge in [-0.2, -0.15) is 0 Å². The van der Waals surface area contributed by atoms with E-state index in [1.54, 1.807) is 12.1 Å². The van der Waals surface area contributed by atoms with E-state index < -0.39 is 9.84 Å². The van der Waals surface area contributed by atoms with Crippen molar-refractivity contribution in [2.24, 2.45) is 0 Å². The van der Waals surface area contributed by atoms with Gasteiger partial charge >= 0.3 is 0 Å². The highest BCUT2D eigenvalue weighted by Crippen LogP contribution is 2.25. The molecule has 1 heterocycles. The minimum Gasteiger partial charge on any atom is -0.497 e. The molecule has 1 amide bonds. The van der Waals surface area contributed by atoms with Gasteiger partial charge in [0.25, 0.3) is 0 Å². The number of rotatable bonds is 7. The first-order valence-electron chi connectivity index (χ1n) is 8.49. The van der Waals surface area contributed by atoms with E-state index in [0.29, 0.717) is 11.6 Å². The minimum atomic E-state index is -3.42. The van der Waals surface area contributed by atoms with Gasteiger partial charge in [0.1, 0.15) is 17.9 Å². The molecule has 7 nitrogen and oxygen atoms in total. The fraction of sp³-hybridized carbons (Fsp3) is 0.389. The number of nitrogens with zero attached hydrogens (tertiary/aromatic N) is 2. The van der Waals surface area contributed by atoms with Crippen LogP contribution in [0.15, 0.2) is 35.5 Å². The van der Waals surface area contributed by atoms with Crippen molar-refractivity contribution in [3.05, 3.63) is 41.9 Å². The first kappa shape index (κ1) is 18.3. The van der Waals surface area contributed by atoms with Crippen LogP contribution >= 0.6 is 0 Å². The molecule has 0 fully saturated rings. The molecule has 0 bridgehead atoms. The Morgan fingerprint density at radius 1 is 1.19 bits per heavy atom. The highest BCUT2D eigenvalue weighted by Gasteiger charge is 2.19. The Hall–Kier alpha value is -2.48. The number of ether oxygens (including phenoxy) is 1. The zero-order valence-corrected chi connectivity index (χ0v) is 15.4. The Morgan fingerprint density at radius 2 is 1.96 bits per heavy atom. The average molecular weight is 375 g/mol. The lowest BCUT2D eigenvalue weighted by Gasteiger charge is -2.09. The molecule has 2 aromatic rings. The van der Waals surface area contributed by atoms with Crippen molar-refractivity contribution < 1.29 is 17.9 Å². The molecule has 0 spiro atoms. The molecule has 1 N–H and O–H groups in total. The lowest BCUT2D eigenvalue weighted by molar-refractivity contribution is -0.116. The number of sulfone groups is 1. The first-order chi connectivity index (χ1) is 12.5. The molecule has 0 saturated heterocycles. The molecule has 8 heteroatoms. The fourth-order valence-electron chi connectivity index (χ4n) is 2.99. The van der Waals surface area contributed by atoms with Crippen LogP contribution in [0.4, 0.5) is 5.82 Å². The zero-order valence-electron chi connectivity index (χ0n) is 14.6. The highest BCUT2D eigenvalue weighted by atomic mass is 32.2. The number of hydrogen-bond donors (Lipinski definition) is 1. The van der Waals surface area contributed by atoms with Gasteiger partial charge in [-0.05, 0) is 49.9 Å². The molecule has 1 aromatic heterocycles. The van der Waals surface area contributed by atoms with E-state index in [-0.39, 0.29) is 29.4 Å². The fourth-order valence-corrected chi connectivity index (χ4v) is 4.30. The van der Waals surface area contributed by atoms with Crippen molar-refractivity contribution in [1.29, 1.82) is 0 Å². The van der Waals surface area contributed by atoms with Crippen LogP contribution in [0.25, 0.3) is 0 Å². The van der Waals surface area contributed by atoms with Crippen LogP contribution < -0.4 is 10.1 Å². The Labute approximate surface area is 152 Å². The van der Waals surface area contributed by atoms with Gasteiger partial charge in [0.05, 0.1) is 17.8 Å². The Bertz CT molecular complexity index is 895. The lowest BCUT2D eigenvalue weighted by Crippen LogP contribution is -2.16. The smallest absolute Gasteiger partial charge is 0.225 e. The maximum absolute atomic E-state index is 12.3. The molecule has 1 aliphatic carbocycles. The number of nitrogens with one attached hydrogen (secondary N) is 1. The molecule has 0 unspecified atom stereocenters. The molecule has 0 saturated carbocycles. The molecular formula is C18H21N3O4S. The number of benzene rings is 1. The number of carbonyl (C=O) groups is 1. The number of anilines is 1. The number of hydrogen-bond acceptors (Lipinski definition) is 6. The molecule has 3 rings (SSSR count). The van der Waals surface area contributed by atoms with Crippen LogP contribution in [-0.4, -0.2) is 37.2 Å². The SMILES string of the molecule is COc1ccc(S(=O)(=O)CCCC(=O)Nc2ncnc3c2CCC3)cc1. The number of aromatic nitrogens is 2. The van der Waals surface area contributed by atoms with E-state index in [0.717, 1.165) is 30.5 Å². The first-order valence-corrected chi connectivity index (χ1v) is 10.1.